The number of carbonyl (C=O) groups excluding carboxylic acids is 2. The quantitative estimate of drug-likeness (QED) is 0.453. The lowest BCUT2D eigenvalue weighted by Gasteiger charge is -2.28. The van der Waals surface area contributed by atoms with Crippen molar-refractivity contribution in [3.8, 4) is 5.75 Å². The predicted molar refractivity (Wildman–Crippen MR) is 93.0 cm³/mol. The summed E-state index contributed by atoms with van der Waals surface area (Å²) in [4.78, 5) is 23.7. The molecular formula is C19H29NO3. The highest BCUT2D eigenvalue weighted by Gasteiger charge is 2.29. The minimum atomic E-state index is -0.374. The number of benzene rings is 1. The first kappa shape index (κ1) is 19.4. The first-order valence-electron chi connectivity index (χ1n) is 8.20. The Kier molecular flexibility index (Phi) is 6.95. The van der Waals surface area contributed by atoms with E-state index in [4.69, 9.17) is 4.74 Å². The van der Waals surface area contributed by atoms with Crippen LogP contribution >= 0.6 is 0 Å². The highest BCUT2D eigenvalue weighted by Crippen LogP contribution is 2.38. The summed E-state index contributed by atoms with van der Waals surface area (Å²) in [7, 11) is 0. The molecule has 0 saturated carbocycles. The van der Waals surface area contributed by atoms with E-state index in [2.05, 4.69) is 11.4 Å². The molecule has 23 heavy (non-hydrogen) atoms. The second kappa shape index (κ2) is 8.25. The van der Waals surface area contributed by atoms with Crippen molar-refractivity contribution >= 4 is 11.8 Å². The molecule has 128 valence electrons. The van der Waals surface area contributed by atoms with Gasteiger partial charge in [0.1, 0.15) is 11.5 Å². The molecule has 4 heteroatoms. The topological polar surface area (TPSA) is 55.4 Å². The zero-order chi connectivity index (χ0) is 17.6. The molecule has 1 aromatic carbocycles. The Balaban J connectivity index is 3.11. The van der Waals surface area contributed by atoms with Crippen LogP contribution in [0.15, 0.2) is 12.1 Å². The van der Waals surface area contributed by atoms with Crippen LogP contribution in [0.5, 0.6) is 5.75 Å². The molecule has 0 spiro atoms. The Hall–Kier alpha value is -1.68. The minimum absolute atomic E-state index is 0.124. The molecule has 0 aliphatic heterocycles. The van der Waals surface area contributed by atoms with E-state index >= 15 is 0 Å². The Labute approximate surface area is 139 Å². The number of Topliss-reactive ketones (excluding diaryl/α,β-unsaturated/α-hetero) is 1. The summed E-state index contributed by atoms with van der Waals surface area (Å²) in [6.45, 7) is 13.0. The molecule has 4 nitrogen and oxygen atoms in total. The van der Waals surface area contributed by atoms with Gasteiger partial charge in [-0.05, 0) is 44.5 Å². The highest BCUT2D eigenvalue weighted by atomic mass is 16.5. The smallest absolute Gasteiger partial charge is 0.312 e. The first-order valence-corrected chi connectivity index (χ1v) is 8.20. The molecule has 0 aliphatic carbocycles. The van der Waals surface area contributed by atoms with Gasteiger partial charge < -0.3 is 10.1 Å². The van der Waals surface area contributed by atoms with Gasteiger partial charge in [-0.3, -0.25) is 9.59 Å². The predicted octanol–water partition coefficient (Wildman–Crippen LogP) is 3.47. The summed E-state index contributed by atoms with van der Waals surface area (Å²) in [5, 5.41) is 3.11. The summed E-state index contributed by atoms with van der Waals surface area (Å²) >= 11 is 0. The van der Waals surface area contributed by atoms with E-state index < -0.39 is 0 Å². The van der Waals surface area contributed by atoms with Gasteiger partial charge in [0.05, 0.1) is 6.42 Å². The Morgan fingerprint density at radius 3 is 2.43 bits per heavy atom. The maximum Gasteiger partial charge on any atom is 0.312 e. The second-order valence-electron chi connectivity index (χ2n) is 6.80. The van der Waals surface area contributed by atoms with E-state index in [1.54, 1.807) is 6.92 Å². The van der Waals surface area contributed by atoms with Gasteiger partial charge >= 0.3 is 5.97 Å². The van der Waals surface area contributed by atoms with Gasteiger partial charge in [-0.15, -0.1) is 0 Å². The maximum atomic E-state index is 12.1. The molecule has 0 fully saturated rings. The molecule has 0 saturated heterocycles. The number of hydrogen-bond acceptors (Lipinski definition) is 4. The fraction of sp³-hybridized carbons (Fsp3) is 0.579. The van der Waals surface area contributed by atoms with Crippen LogP contribution in [0.4, 0.5) is 0 Å². The van der Waals surface area contributed by atoms with Gasteiger partial charge in [0, 0.05) is 23.9 Å². The largest absolute Gasteiger partial charge is 0.426 e. The normalized spacial score (nSPS) is 11.4. The Bertz CT molecular complexity index is 576. The number of ketones is 1. The molecule has 0 aliphatic rings. The van der Waals surface area contributed by atoms with Crippen molar-refractivity contribution < 1.29 is 14.3 Å². The Morgan fingerprint density at radius 2 is 1.87 bits per heavy atom. The van der Waals surface area contributed by atoms with Crippen molar-refractivity contribution in [1.82, 2.24) is 5.32 Å². The third kappa shape index (κ3) is 5.79. The number of hydrogen-bond donors (Lipinski definition) is 1. The third-order valence-corrected chi connectivity index (χ3v) is 3.79. The first-order chi connectivity index (χ1) is 10.7. The van der Waals surface area contributed by atoms with Crippen LogP contribution in [-0.4, -0.2) is 24.8 Å². The van der Waals surface area contributed by atoms with Crippen molar-refractivity contribution in [2.75, 3.05) is 13.1 Å². The van der Waals surface area contributed by atoms with Gasteiger partial charge in [-0.1, -0.05) is 26.8 Å². The lowest BCUT2D eigenvalue weighted by Crippen LogP contribution is -2.25. The summed E-state index contributed by atoms with van der Waals surface area (Å²) in [6.07, 6.45) is 0.742. The molecule has 1 N–H and O–H groups in total. The van der Waals surface area contributed by atoms with Crippen LogP contribution < -0.4 is 10.1 Å². The van der Waals surface area contributed by atoms with E-state index in [-0.39, 0.29) is 17.2 Å². The summed E-state index contributed by atoms with van der Waals surface area (Å²) in [5.41, 5.74) is 2.65. The maximum absolute atomic E-state index is 12.1. The number of nitrogens with one attached hydrogen (secondary N) is 1. The van der Waals surface area contributed by atoms with E-state index in [9.17, 15) is 9.59 Å². The van der Waals surface area contributed by atoms with E-state index in [0.29, 0.717) is 25.1 Å². The minimum Gasteiger partial charge on any atom is -0.426 e. The molecule has 0 amide bonds. The molecule has 0 atom stereocenters. The fourth-order valence-electron chi connectivity index (χ4n) is 3.13. The van der Waals surface area contributed by atoms with Crippen LogP contribution in [0.3, 0.4) is 0 Å². The van der Waals surface area contributed by atoms with E-state index in [0.717, 1.165) is 23.2 Å². The van der Waals surface area contributed by atoms with Gasteiger partial charge in [-0.25, -0.2) is 0 Å². The van der Waals surface area contributed by atoms with E-state index in [1.807, 2.05) is 40.7 Å². The van der Waals surface area contributed by atoms with Crippen LogP contribution in [0.1, 0.15) is 57.2 Å². The number of esters is 1. The van der Waals surface area contributed by atoms with E-state index in [1.165, 1.54) is 0 Å². The van der Waals surface area contributed by atoms with Crippen LogP contribution in [0.25, 0.3) is 0 Å². The lowest BCUT2D eigenvalue weighted by molar-refractivity contribution is -0.134. The third-order valence-electron chi connectivity index (χ3n) is 3.79. The molecule has 1 rings (SSSR count). The average molecular weight is 319 g/mol. The summed E-state index contributed by atoms with van der Waals surface area (Å²) in [6, 6.07) is 3.95. The fourth-order valence-corrected chi connectivity index (χ4v) is 3.13. The monoisotopic (exact) mass is 319 g/mol. The zero-order valence-electron chi connectivity index (χ0n) is 15.2. The molecule has 1 aromatic rings. The van der Waals surface area contributed by atoms with Gasteiger partial charge in [0.15, 0.2) is 0 Å². The van der Waals surface area contributed by atoms with Gasteiger partial charge in [0.25, 0.3) is 0 Å². The zero-order valence-corrected chi connectivity index (χ0v) is 15.2. The van der Waals surface area contributed by atoms with Crippen molar-refractivity contribution in [1.29, 1.82) is 0 Å². The molecular weight excluding hydrogens is 290 g/mol. The van der Waals surface area contributed by atoms with Crippen molar-refractivity contribution in [2.24, 2.45) is 0 Å². The number of carbonyl (C=O) groups is 2. The van der Waals surface area contributed by atoms with Crippen molar-refractivity contribution in [2.45, 2.75) is 59.8 Å². The molecule has 0 bridgehead atoms. The SMILES string of the molecule is CCNCCC(=O)Oc1cc(C)cc(C)c1C(C)(C)CC(C)=O. The van der Waals surface area contributed by atoms with Gasteiger partial charge in [0.2, 0.25) is 0 Å². The molecule has 0 heterocycles. The van der Waals surface area contributed by atoms with Gasteiger partial charge in [-0.2, -0.15) is 0 Å². The molecule has 0 aromatic heterocycles. The highest BCUT2D eigenvalue weighted by molar-refractivity contribution is 5.78. The summed E-state index contributed by atoms with van der Waals surface area (Å²) < 4.78 is 5.63. The van der Waals surface area contributed by atoms with Crippen LogP contribution in [0, 0.1) is 13.8 Å². The second-order valence-corrected chi connectivity index (χ2v) is 6.80. The molecule has 0 unspecified atom stereocenters. The van der Waals surface area contributed by atoms with Crippen molar-refractivity contribution in [3.63, 3.8) is 0 Å². The van der Waals surface area contributed by atoms with Crippen LogP contribution in [-0.2, 0) is 15.0 Å². The van der Waals surface area contributed by atoms with Crippen molar-refractivity contribution in [3.05, 3.63) is 28.8 Å². The number of aryl methyl sites for hydroxylation is 2. The standard InChI is InChI=1S/C19H29NO3/c1-7-20-9-8-17(22)23-16-11-13(2)10-14(3)18(16)19(5,6)12-15(4)21/h10-11,20H,7-9,12H2,1-6H3. The molecule has 0 radical (unpaired) electrons. The lowest BCUT2D eigenvalue weighted by atomic mass is 9.77. The summed E-state index contributed by atoms with van der Waals surface area (Å²) in [5.74, 6) is 0.450. The number of rotatable bonds is 8. The average Bonchev–Trinajstić information content (AvgIpc) is 2.35. The van der Waals surface area contributed by atoms with Crippen LogP contribution in [0.2, 0.25) is 0 Å². The number of ether oxygens (including phenoxy) is 1. The Morgan fingerprint density at radius 1 is 1.22 bits per heavy atom.